The van der Waals surface area contributed by atoms with Gasteiger partial charge in [0.2, 0.25) is 0 Å². The van der Waals surface area contributed by atoms with Crippen LogP contribution in [0.5, 0.6) is 0 Å². The van der Waals surface area contributed by atoms with Crippen LogP contribution in [-0.2, 0) is 25.6 Å². The lowest BCUT2D eigenvalue weighted by Gasteiger charge is -2.43. The Labute approximate surface area is 180 Å². The third-order valence-corrected chi connectivity index (χ3v) is 5.44. The molecule has 1 amide bonds. The van der Waals surface area contributed by atoms with Gasteiger partial charge in [0.15, 0.2) is 0 Å². The maximum absolute atomic E-state index is 12.2. The Morgan fingerprint density at radius 2 is 1.90 bits per heavy atom. The van der Waals surface area contributed by atoms with Crippen LogP contribution in [-0.4, -0.2) is 36.9 Å². The first-order valence-electron chi connectivity index (χ1n) is 11.0. The molecule has 0 heterocycles. The number of rotatable bonds is 9. The lowest BCUT2D eigenvalue weighted by Crippen LogP contribution is -2.49. The van der Waals surface area contributed by atoms with E-state index in [1.54, 1.807) is 0 Å². The molecule has 30 heavy (non-hydrogen) atoms. The molecule has 168 valence electrons. The molecule has 1 saturated carbocycles. The Bertz CT molecular complexity index is 670. The molecule has 0 unspecified atom stereocenters. The van der Waals surface area contributed by atoms with Crippen LogP contribution in [0.4, 0.5) is 4.79 Å². The normalized spacial score (nSPS) is 21.7. The summed E-state index contributed by atoms with van der Waals surface area (Å²) in [5.74, 6) is -0.274. The fraction of sp³-hybridized carbons (Fsp3) is 0.667. The van der Waals surface area contributed by atoms with E-state index in [2.05, 4.69) is 5.32 Å². The first kappa shape index (κ1) is 24.2. The predicted molar refractivity (Wildman–Crippen MR) is 116 cm³/mol. The number of benzene rings is 1. The Morgan fingerprint density at radius 3 is 2.57 bits per heavy atom. The maximum Gasteiger partial charge on any atom is 0.407 e. The average molecular weight is 420 g/mol. The van der Waals surface area contributed by atoms with Crippen LogP contribution in [0.1, 0.15) is 71.8 Å². The molecule has 0 radical (unpaired) electrons. The first-order chi connectivity index (χ1) is 14.2. The standard InChI is InChI=1S/C24H37NO5/c1-19(26)29-21-13-8-9-14-24(21,18-25-22(27)30-23(2,3)4)15-10-16-28-17-20-11-6-5-7-12-20/h5-7,11-12,21H,8-10,13-18H2,1-4H3,(H,25,27)/t21-,24+/m1/s1. The van der Waals surface area contributed by atoms with Gasteiger partial charge in [0.1, 0.15) is 11.7 Å². The molecule has 2 rings (SSSR count). The van der Waals surface area contributed by atoms with Gasteiger partial charge in [-0.3, -0.25) is 4.79 Å². The van der Waals surface area contributed by atoms with E-state index in [-0.39, 0.29) is 17.5 Å². The predicted octanol–water partition coefficient (Wildman–Crippen LogP) is 5.00. The van der Waals surface area contributed by atoms with Crippen LogP contribution in [0.3, 0.4) is 0 Å². The van der Waals surface area contributed by atoms with E-state index in [9.17, 15) is 9.59 Å². The van der Waals surface area contributed by atoms with Crippen molar-refractivity contribution in [1.82, 2.24) is 5.32 Å². The van der Waals surface area contributed by atoms with Gasteiger partial charge in [-0.05, 0) is 58.4 Å². The van der Waals surface area contributed by atoms with Crippen LogP contribution in [0.2, 0.25) is 0 Å². The summed E-state index contributed by atoms with van der Waals surface area (Å²) in [6.45, 7) is 8.60. The van der Waals surface area contributed by atoms with Gasteiger partial charge in [0.25, 0.3) is 0 Å². The molecule has 1 fully saturated rings. The molecule has 6 nitrogen and oxygen atoms in total. The van der Waals surface area contributed by atoms with Crippen molar-refractivity contribution in [3.05, 3.63) is 35.9 Å². The smallest absolute Gasteiger partial charge is 0.407 e. The number of carbonyl (C=O) groups is 2. The maximum atomic E-state index is 12.2. The van der Waals surface area contributed by atoms with Crippen molar-refractivity contribution in [3.63, 3.8) is 0 Å². The molecular weight excluding hydrogens is 382 g/mol. The number of hydrogen-bond acceptors (Lipinski definition) is 5. The van der Waals surface area contributed by atoms with Crippen molar-refractivity contribution in [2.75, 3.05) is 13.2 Å². The Kier molecular flexibility index (Phi) is 9.15. The molecule has 0 spiro atoms. The summed E-state index contributed by atoms with van der Waals surface area (Å²) >= 11 is 0. The quantitative estimate of drug-likeness (QED) is 0.450. The highest BCUT2D eigenvalue weighted by molar-refractivity contribution is 5.68. The lowest BCUT2D eigenvalue weighted by atomic mass is 9.68. The minimum absolute atomic E-state index is 0.201. The van der Waals surface area contributed by atoms with E-state index >= 15 is 0 Å². The van der Waals surface area contributed by atoms with Crippen LogP contribution in [0, 0.1) is 5.41 Å². The highest BCUT2D eigenvalue weighted by Gasteiger charge is 2.43. The van der Waals surface area contributed by atoms with Gasteiger partial charge in [-0.25, -0.2) is 4.79 Å². The Hall–Kier alpha value is -2.08. The summed E-state index contributed by atoms with van der Waals surface area (Å²) in [5, 5.41) is 2.93. The number of ether oxygens (including phenoxy) is 3. The number of carbonyl (C=O) groups excluding carboxylic acids is 2. The molecule has 0 bridgehead atoms. The summed E-state index contributed by atoms with van der Waals surface area (Å²) in [6, 6.07) is 10.1. The third kappa shape index (κ3) is 8.34. The van der Waals surface area contributed by atoms with Crippen LogP contribution >= 0.6 is 0 Å². The van der Waals surface area contributed by atoms with Gasteiger partial charge in [0.05, 0.1) is 6.61 Å². The molecule has 6 heteroatoms. The average Bonchev–Trinajstić information content (AvgIpc) is 2.67. The van der Waals surface area contributed by atoms with Crippen molar-refractivity contribution >= 4 is 12.1 Å². The van der Waals surface area contributed by atoms with Gasteiger partial charge in [0, 0.05) is 25.5 Å². The number of esters is 1. The molecule has 2 atom stereocenters. The molecule has 1 aromatic rings. The van der Waals surface area contributed by atoms with E-state index in [1.165, 1.54) is 6.92 Å². The number of amides is 1. The zero-order valence-corrected chi connectivity index (χ0v) is 18.9. The Balaban J connectivity index is 1.95. The monoisotopic (exact) mass is 419 g/mol. The minimum Gasteiger partial charge on any atom is -0.462 e. The summed E-state index contributed by atoms with van der Waals surface area (Å²) in [7, 11) is 0. The van der Waals surface area contributed by atoms with Crippen molar-refractivity contribution in [3.8, 4) is 0 Å². The highest BCUT2D eigenvalue weighted by Crippen LogP contribution is 2.42. The number of alkyl carbamates (subject to hydrolysis) is 1. The highest BCUT2D eigenvalue weighted by atomic mass is 16.6. The van der Waals surface area contributed by atoms with Gasteiger partial charge < -0.3 is 19.5 Å². The van der Waals surface area contributed by atoms with E-state index in [4.69, 9.17) is 14.2 Å². The minimum atomic E-state index is -0.551. The summed E-state index contributed by atoms with van der Waals surface area (Å²) in [6.07, 6.45) is 4.81. The molecule has 1 aliphatic rings. The van der Waals surface area contributed by atoms with Crippen molar-refractivity contribution in [1.29, 1.82) is 0 Å². The molecule has 1 N–H and O–H groups in total. The zero-order valence-electron chi connectivity index (χ0n) is 18.9. The molecule has 0 aliphatic heterocycles. The molecule has 1 aromatic carbocycles. The number of hydrogen-bond donors (Lipinski definition) is 1. The van der Waals surface area contributed by atoms with Gasteiger partial charge in [-0.2, -0.15) is 0 Å². The fourth-order valence-electron chi connectivity index (χ4n) is 4.09. The molecular formula is C24H37NO5. The second-order valence-corrected chi connectivity index (χ2v) is 9.20. The SMILES string of the molecule is CC(=O)O[C@@H]1CCCC[C@]1(CCCOCc1ccccc1)CNC(=O)OC(C)(C)C. The fourth-order valence-corrected chi connectivity index (χ4v) is 4.09. The van der Waals surface area contributed by atoms with E-state index in [0.717, 1.165) is 44.1 Å². The third-order valence-electron chi connectivity index (χ3n) is 5.44. The summed E-state index contributed by atoms with van der Waals surface area (Å²) in [5.41, 5.74) is 0.302. The molecule has 0 aromatic heterocycles. The summed E-state index contributed by atoms with van der Waals surface area (Å²) in [4.78, 5) is 23.9. The number of nitrogens with one attached hydrogen (secondary N) is 1. The van der Waals surface area contributed by atoms with Crippen molar-refractivity contribution in [2.45, 2.75) is 84.5 Å². The first-order valence-corrected chi connectivity index (χ1v) is 11.0. The van der Waals surface area contributed by atoms with Crippen LogP contribution < -0.4 is 5.32 Å². The topological polar surface area (TPSA) is 73.9 Å². The Morgan fingerprint density at radius 1 is 1.17 bits per heavy atom. The molecule has 1 aliphatic carbocycles. The second-order valence-electron chi connectivity index (χ2n) is 9.20. The zero-order chi connectivity index (χ0) is 22.0. The van der Waals surface area contributed by atoms with Crippen molar-refractivity contribution < 1.29 is 23.8 Å². The molecule has 0 saturated heterocycles. The largest absolute Gasteiger partial charge is 0.462 e. The lowest BCUT2D eigenvalue weighted by molar-refractivity contribution is -0.157. The van der Waals surface area contributed by atoms with Gasteiger partial charge in [-0.1, -0.05) is 36.8 Å². The van der Waals surface area contributed by atoms with E-state index in [0.29, 0.717) is 19.8 Å². The van der Waals surface area contributed by atoms with E-state index in [1.807, 2.05) is 51.1 Å². The second kappa shape index (κ2) is 11.3. The van der Waals surface area contributed by atoms with Crippen LogP contribution in [0.15, 0.2) is 30.3 Å². The van der Waals surface area contributed by atoms with Gasteiger partial charge >= 0.3 is 12.1 Å². The van der Waals surface area contributed by atoms with E-state index < -0.39 is 11.7 Å². The summed E-state index contributed by atoms with van der Waals surface area (Å²) < 4.78 is 16.9. The van der Waals surface area contributed by atoms with Crippen molar-refractivity contribution in [2.24, 2.45) is 5.41 Å². The van der Waals surface area contributed by atoms with Gasteiger partial charge in [-0.15, -0.1) is 0 Å². The van der Waals surface area contributed by atoms with Crippen LogP contribution in [0.25, 0.3) is 0 Å².